The summed E-state index contributed by atoms with van der Waals surface area (Å²) in [5.41, 5.74) is 2.28. The molecular formula is C15H20N2O4S. The van der Waals surface area contributed by atoms with Crippen LogP contribution in [0.25, 0.3) is 0 Å². The molecule has 0 aliphatic rings. The SMILES string of the molecule is Cc1noc(C)c1N(C)CC(O)c1ccc(S(C)(=O)=O)cc1. The number of rotatable bonds is 5. The molecule has 6 nitrogen and oxygen atoms in total. The van der Waals surface area contributed by atoms with Crippen molar-refractivity contribution in [2.75, 3.05) is 24.7 Å². The van der Waals surface area contributed by atoms with E-state index in [-0.39, 0.29) is 4.90 Å². The molecule has 0 saturated carbocycles. The minimum atomic E-state index is -3.23. The molecule has 1 aromatic heterocycles. The number of aromatic nitrogens is 1. The zero-order chi connectivity index (χ0) is 16.5. The predicted octanol–water partition coefficient (Wildman–Crippen LogP) is 1.86. The molecule has 1 atom stereocenters. The van der Waals surface area contributed by atoms with Crippen LogP contribution < -0.4 is 4.90 Å². The molecule has 0 bridgehead atoms. The molecule has 22 heavy (non-hydrogen) atoms. The van der Waals surface area contributed by atoms with Gasteiger partial charge in [-0.05, 0) is 31.5 Å². The molecule has 2 aromatic rings. The van der Waals surface area contributed by atoms with Crippen molar-refractivity contribution in [3.63, 3.8) is 0 Å². The summed E-state index contributed by atoms with van der Waals surface area (Å²) in [6, 6.07) is 6.26. The second-order valence-electron chi connectivity index (χ2n) is 5.41. The van der Waals surface area contributed by atoms with E-state index < -0.39 is 15.9 Å². The average molecular weight is 324 g/mol. The molecule has 0 radical (unpaired) electrons. The van der Waals surface area contributed by atoms with Crippen LogP contribution >= 0.6 is 0 Å². The van der Waals surface area contributed by atoms with E-state index in [1.807, 2.05) is 25.8 Å². The van der Waals surface area contributed by atoms with E-state index in [1.54, 1.807) is 12.1 Å². The van der Waals surface area contributed by atoms with Crippen LogP contribution in [-0.4, -0.2) is 38.5 Å². The van der Waals surface area contributed by atoms with Crippen LogP contribution in [0.4, 0.5) is 5.69 Å². The van der Waals surface area contributed by atoms with Gasteiger partial charge in [-0.15, -0.1) is 0 Å². The van der Waals surface area contributed by atoms with Crippen LogP contribution in [0, 0.1) is 13.8 Å². The van der Waals surface area contributed by atoms with E-state index in [1.165, 1.54) is 12.1 Å². The minimum Gasteiger partial charge on any atom is -0.387 e. The molecule has 7 heteroatoms. The molecule has 0 aliphatic heterocycles. The highest BCUT2D eigenvalue weighted by atomic mass is 32.2. The van der Waals surface area contributed by atoms with Gasteiger partial charge in [0.1, 0.15) is 11.4 Å². The van der Waals surface area contributed by atoms with E-state index >= 15 is 0 Å². The van der Waals surface area contributed by atoms with Crippen molar-refractivity contribution >= 4 is 15.5 Å². The summed E-state index contributed by atoms with van der Waals surface area (Å²) in [4.78, 5) is 2.11. The number of nitrogens with zero attached hydrogens (tertiary/aromatic N) is 2. The number of benzene rings is 1. The summed E-state index contributed by atoms with van der Waals surface area (Å²) < 4.78 is 28.0. The molecule has 120 valence electrons. The second kappa shape index (κ2) is 6.10. The Morgan fingerprint density at radius 1 is 1.27 bits per heavy atom. The Kier molecular flexibility index (Phi) is 4.58. The van der Waals surface area contributed by atoms with Crippen LogP contribution in [0.2, 0.25) is 0 Å². The zero-order valence-electron chi connectivity index (χ0n) is 13.1. The van der Waals surface area contributed by atoms with Crippen molar-refractivity contribution in [1.82, 2.24) is 5.16 Å². The first-order valence-electron chi connectivity index (χ1n) is 6.82. The lowest BCUT2D eigenvalue weighted by atomic mass is 10.1. The first-order valence-corrected chi connectivity index (χ1v) is 8.71. The van der Waals surface area contributed by atoms with E-state index in [0.717, 1.165) is 17.6 Å². The van der Waals surface area contributed by atoms with Crippen molar-refractivity contribution < 1.29 is 18.0 Å². The van der Waals surface area contributed by atoms with Crippen molar-refractivity contribution in [1.29, 1.82) is 0 Å². The van der Waals surface area contributed by atoms with E-state index in [9.17, 15) is 13.5 Å². The summed E-state index contributed by atoms with van der Waals surface area (Å²) in [5, 5.41) is 14.2. The van der Waals surface area contributed by atoms with E-state index in [2.05, 4.69) is 5.16 Å². The van der Waals surface area contributed by atoms with Gasteiger partial charge in [0.2, 0.25) is 0 Å². The largest absolute Gasteiger partial charge is 0.387 e. The Morgan fingerprint density at radius 2 is 1.86 bits per heavy atom. The highest BCUT2D eigenvalue weighted by Gasteiger charge is 2.18. The molecule has 0 spiro atoms. The fraction of sp³-hybridized carbons (Fsp3) is 0.400. The Morgan fingerprint density at radius 3 is 2.32 bits per heavy atom. The zero-order valence-corrected chi connectivity index (χ0v) is 13.9. The normalized spacial score (nSPS) is 13.1. The third kappa shape index (κ3) is 3.48. The molecule has 1 heterocycles. The fourth-order valence-corrected chi connectivity index (χ4v) is 3.05. The van der Waals surface area contributed by atoms with Crippen molar-refractivity contribution in [3.8, 4) is 0 Å². The quantitative estimate of drug-likeness (QED) is 0.904. The first kappa shape index (κ1) is 16.5. The van der Waals surface area contributed by atoms with Gasteiger partial charge in [-0.2, -0.15) is 0 Å². The van der Waals surface area contributed by atoms with Gasteiger partial charge in [0.25, 0.3) is 0 Å². The van der Waals surface area contributed by atoms with Crippen LogP contribution in [-0.2, 0) is 9.84 Å². The molecule has 1 unspecified atom stereocenters. The lowest BCUT2D eigenvalue weighted by Crippen LogP contribution is -2.25. The number of anilines is 1. The average Bonchev–Trinajstić information content (AvgIpc) is 2.77. The lowest BCUT2D eigenvalue weighted by Gasteiger charge is -2.22. The van der Waals surface area contributed by atoms with Gasteiger partial charge in [-0.1, -0.05) is 17.3 Å². The summed E-state index contributed by atoms with van der Waals surface area (Å²) in [7, 11) is -1.38. The number of aliphatic hydroxyl groups excluding tert-OH is 1. The minimum absolute atomic E-state index is 0.238. The predicted molar refractivity (Wildman–Crippen MR) is 83.8 cm³/mol. The van der Waals surface area contributed by atoms with Gasteiger partial charge in [-0.3, -0.25) is 0 Å². The third-order valence-electron chi connectivity index (χ3n) is 3.52. The first-order chi connectivity index (χ1) is 10.2. The Labute approximate surface area is 130 Å². The van der Waals surface area contributed by atoms with Gasteiger partial charge >= 0.3 is 0 Å². The molecule has 0 saturated heterocycles. The van der Waals surface area contributed by atoms with E-state index in [0.29, 0.717) is 17.9 Å². The van der Waals surface area contributed by atoms with Crippen molar-refractivity contribution in [2.24, 2.45) is 0 Å². The van der Waals surface area contributed by atoms with Gasteiger partial charge in [0.15, 0.2) is 15.6 Å². The fourth-order valence-electron chi connectivity index (χ4n) is 2.42. The van der Waals surface area contributed by atoms with Crippen molar-refractivity contribution in [2.45, 2.75) is 24.8 Å². The number of sulfone groups is 1. The Balaban J connectivity index is 2.14. The Bertz CT molecular complexity index is 731. The number of hydrogen-bond donors (Lipinski definition) is 1. The third-order valence-corrected chi connectivity index (χ3v) is 4.65. The summed E-state index contributed by atoms with van der Waals surface area (Å²) in [6.07, 6.45) is 0.413. The maximum Gasteiger partial charge on any atom is 0.175 e. The summed E-state index contributed by atoms with van der Waals surface area (Å²) in [6.45, 7) is 4.01. The number of likely N-dealkylation sites (N-methyl/N-ethyl adjacent to an activating group) is 1. The van der Waals surface area contributed by atoms with Gasteiger partial charge in [-0.25, -0.2) is 8.42 Å². The molecule has 1 N–H and O–H groups in total. The second-order valence-corrected chi connectivity index (χ2v) is 7.43. The number of aliphatic hydroxyl groups is 1. The monoisotopic (exact) mass is 324 g/mol. The highest BCUT2D eigenvalue weighted by molar-refractivity contribution is 7.90. The van der Waals surface area contributed by atoms with Crippen LogP contribution in [0.15, 0.2) is 33.7 Å². The molecule has 0 fully saturated rings. The molecule has 1 aromatic carbocycles. The highest BCUT2D eigenvalue weighted by Crippen LogP contribution is 2.25. The maximum atomic E-state index is 11.4. The smallest absolute Gasteiger partial charge is 0.175 e. The van der Waals surface area contributed by atoms with Crippen LogP contribution in [0.1, 0.15) is 23.1 Å². The number of hydrogen-bond acceptors (Lipinski definition) is 6. The molecule has 0 amide bonds. The molecule has 2 rings (SSSR count). The van der Waals surface area contributed by atoms with Gasteiger partial charge in [0.05, 0.1) is 11.0 Å². The van der Waals surface area contributed by atoms with Crippen LogP contribution in [0.5, 0.6) is 0 Å². The maximum absolute atomic E-state index is 11.4. The standard InChI is InChI=1S/C15H20N2O4S/c1-10-15(11(2)21-16-10)17(3)9-14(18)12-5-7-13(8-6-12)22(4,19)20/h5-8,14,18H,9H2,1-4H3. The van der Waals surface area contributed by atoms with Gasteiger partial charge < -0.3 is 14.5 Å². The number of aryl methyl sites for hydroxylation is 2. The molecular weight excluding hydrogens is 304 g/mol. The summed E-state index contributed by atoms with van der Waals surface area (Å²) >= 11 is 0. The Hall–Kier alpha value is -1.86. The van der Waals surface area contributed by atoms with Gasteiger partial charge in [0, 0.05) is 19.8 Å². The molecule has 0 aliphatic carbocycles. The van der Waals surface area contributed by atoms with Crippen LogP contribution in [0.3, 0.4) is 0 Å². The topological polar surface area (TPSA) is 83.6 Å². The summed E-state index contributed by atoms with van der Waals surface area (Å²) in [5.74, 6) is 0.694. The van der Waals surface area contributed by atoms with E-state index in [4.69, 9.17) is 4.52 Å². The lowest BCUT2D eigenvalue weighted by molar-refractivity contribution is 0.185. The van der Waals surface area contributed by atoms with Crippen molar-refractivity contribution in [3.05, 3.63) is 41.3 Å².